The van der Waals surface area contributed by atoms with Gasteiger partial charge in [0.05, 0.1) is 12.2 Å². The highest BCUT2D eigenvalue weighted by molar-refractivity contribution is 5.92. The average molecular weight is 332 g/mol. The van der Waals surface area contributed by atoms with Crippen LogP contribution in [0.4, 0.5) is 0 Å². The van der Waals surface area contributed by atoms with Gasteiger partial charge in [0.1, 0.15) is 0 Å². The third-order valence-corrected chi connectivity index (χ3v) is 8.99. The third kappa shape index (κ3) is 1.89. The van der Waals surface area contributed by atoms with Gasteiger partial charge in [0.15, 0.2) is 5.78 Å². The molecule has 0 aromatic rings. The van der Waals surface area contributed by atoms with E-state index in [4.69, 9.17) is 0 Å². The Labute approximate surface area is 145 Å². The maximum absolute atomic E-state index is 12.1. The molecule has 0 radical (unpaired) electrons. The number of rotatable bonds is 1. The summed E-state index contributed by atoms with van der Waals surface area (Å²) in [6, 6.07) is 0. The molecular weight excluding hydrogens is 300 g/mol. The Hall–Kier alpha value is -0.670. The van der Waals surface area contributed by atoms with Crippen LogP contribution in [-0.4, -0.2) is 28.2 Å². The van der Waals surface area contributed by atoms with Crippen molar-refractivity contribution >= 4 is 5.78 Å². The number of aliphatic hydroxyl groups excluding tert-OH is 1. The van der Waals surface area contributed by atoms with Crippen molar-refractivity contribution < 1.29 is 15.0 Å². The smallest absolute Gasteiger partial charge is 0.155 e. The van der Waals surface area contributed by atoms with Gasteiger partial charge in [0.2, 0.25) is 0 Å². The van der Waals surface area contributed by atoms with E-state index in [9.17, 15) is 15.0 Å². The van der Waals surface area contributed by atoms with Crippen LogP contribution in [0.2, 0.25) is 0 Å². The Balaban J connectivity index is 1.75. The molecule has 0 heterocycles. The molecule has 4 aliphatic rings. The zero-order valence-electron chi connectivity index (χ0n) is 15.3. The van der Waals surface area contributed by atoms with Gasteiger partial charge in [-0.25, -0.2) is 0 Å². The van der Waals surface area contributed by atoms with E-state index in [1.807, 2.05) is 13.0 Å². The molecule has 0 unspecified atom stereocenters. The minimum absolute atomic E-state index is 0.0136. The number of carbonyl (C=O) groups excluding carboxylic acids is 1. The summed E-state index contributed by atoms with van der Waals surface area (Å²) in [7, 11) is 0. The van der Waals surface area contributed by atoms with Gasteiger partial charge in [-0.15, -0.1) is 0 Å². The van der Waals surface area contributed by atoms with E-state index in [0.29, 0.717) is 24.2 Å². The van der Waals surface area contributed by atoms with Crippen molar-refractivity contribution in [3.8, 4) is 0 Å². The zero-order chi connectivity index (χ0) is 17.3. The molecule has 2 N–H and O–H groups in total. The lowest BCUT2D eigenvalue weighted by Crippen LogP contribution is -2.57. The molecule has 0 aromatic carbocycles. The molecule has 24 heavy (non-hydrogen) atoms. The van der Waals surface area contributed by atoms with Crippen LogP contribution in [0.5, 0.6) is 0 Å². The zero-order valence-corrected chi connectivity index (χ0v) is 15.3. The van der Waals surface area contributed by atoms with E-state index in [0.717, 1.165) is 38.5 Å². The second kappa shape index (κ2) is 5.17. The summed E-state index contributed by atoms with van der Waals surface area (Å²) < 4.78 is 0. The van der Waals surface area contributed by atoms with Crippen LogP contribution in [0, 0.1) is 34.5 Å². The Morgan fingerprint density at radius 1 is 1.17 bits per heavy atom. The van der Waals surface area contributed by atoms with Crippen molar-refractivity contribution in [1.29, 1.82) is 0 Å². The molecule has 3 heteroatoms. The maximum atomic E-state index is 12.1. The normalized spacial score (nSPS) is 53.9. The van der Waals surface area contributed by atoms with Gasteiger partial charge in [-0.2, -0.15) is 0 Å². The molecule has 0 saturated heterocycles. The fourth-order valence-corrected chi connectivity index (χ4v) is 7.37. The minimum atomic E-state index is -0.556. The molecule has 134 valence electrons. The molecule has 0 aromatic heterocycles. The van der Waals surface area contributed by atoms with Crippen molar-refractivity contribution in [2.45, 2.75) is 71.3 Å². The number of hydrogen-bond acceptors (Lipinski definition) is 3. The molecule has 4 rings (SSSR count). The first-order valence-electron chi connectivity index (χ1n) is 9.83. The van der Waals surface area contributed by atoms with Crippen LogP contribution in [0.3, 0.4) is 0 Å². The van der Waals surface area contributed by atoms with Gasteiger partial charge in [0.25, 0.3) is 0 Å². The lowest BCUT2D eigenvalue weighted by molar-refractivity contribution is -0.139. The van der Waals surface area contributed by atoms with Crippen molar-refractivity contribution in [3.05, 3.63) is 11.6 Å². The highest BCUT2D eigenvalue weighted by Gasteiger charge is 2.64. The number of aliphatic hydroxyl groups is 2. The number of hydrogen-bond donors (Lipinski definition) is 2. The fraction of sp³-hybridized carbons (Fsp3) is 0.857. The summed E-state index contributed by atoms with van der Waals surface area (Å²) in [5.74, 6) is 2.08. The van der Waals surface area contributed by atoms with Gasteiger partial charge in [0, 0.05) is 11.8 Å². The first kappa shape index (κ1) is 16.8. The summed E-state index contributed by atoms with van der Waals surface area (Å²) in [5, 5.41) is 21.5. The minimum Gasteiger partial charge on any atom is -0.395 e. The molecule has 0 amide bonds. The predicted molar refractivity (Wildman–Crippen MR) is 93.3 cm³/mol. The standard InChI is InChI=1S/C21H32O3/c1-13-10-15(23)11-14-4-5-16-17-7-9-20(3,24)19(17,2)8-6-18(16)21(13,14)12-22/h11,13,16-18,22,24H,4-10,12H2,1-3H3/t13-,16+,17+,18+,19+,20+,21+/m1/s1. The van der Waals surface area contributed by atoms with Crippen molar-refractivity contribution in [2.75, 3.05) is 6.61 Å². The average Bonchev–Trinajstić information content (AvgIpc) is 2.77. The Kier molecular flexibility index (Phi) is 3.61. The van der Waals surface area contributed by atoms with Crippen LogP contribution in [0.1, 0.15) is 65.7 Å². The first-order valence-corrected chi connectivity index (χ1v) is 9.83. The van der Waals surface area contributed by atoms with Gasteiger partial charge in [-0.05, 0) is 80.6 Å². The van der Waals surface area contributed by atoms with Gasteiger partial charge < -0.3 is 10.2 Å². The highest BCUT2D eigenvalue weighted by Crippen LogP contribution is 2.68. The largest absolute Gasteiger partial charge is 0.395 e. The Bertz CT molecular complexity index is 592. The molecular formula is C21H32O3. The van der Waals surface area contributed by atoms with E-state index in [1.165, 1.54) is 5.57 Å². The van der Waals surface area contributed by atoms with E-state index < -0.39 is 5.60 Å². The van der Waals surface area contributed by atoms with Crippen LogP contribution in [0.25, 0.3) is 0 Å². The molecule has 0 aliphatic heterocycles. The quantitative estimate of drug-likeness (QED) is 0.773. The SMILES string of the molecule is C[C@@H]1CC(=O)C=C2CC[C@@H]3[C@H](CC[C@@]4(C)[C@H]3CC[C@]4(C)O)[C@]21CO. The fourth-order valence-electron chi connectivity index (χ4n) is 7.37. The van der Waals surface area contributed by atoms with E-state index >= 15 is 0 Å². The molecule has 0 bridgehead atoms. The molecule has 0 spiro atoms. The summed E-state index contributed by atoms with van der Waals surface area (Å²) in [5.41, 5.74) is 0.495. The second-order valence-corrected chi connectivity index (χ2v) is 9.62. The topological polar surface area (TPSA) is 57.5 Å². The third-order valence-electron chi connectivity index (χ3n) is 8.99. The second-order valence-electron chi connectivity index (χ2n) is 9.62. The highest BCUT2D eigenvalue weighted by atomic mass is 16.3. The molecule has 3 fully saturated rings. The van der Waals surface area contributed by atoms with Gasteiger partial charge in [-0.3, -0.25) is 4.79 Å². The number of fused-ring (bicyclic) bond motifs is 5. The Morgan fingerprint density at radius 3 is 2.58 bits per heavy atom. The predicted octanol–water partition coefficient (Wildman–Crippen LogP) is 3.49. The van der Waals surface area contributed by atoms with Crippen LogP contribution < -0.4 is 0 Å². The van der Waals surface area contributed by atoms with E-state index in [2.05, 4.69) is 13.8 Å². The maximum Gasteiger partial charge on any atom is 0.155 e. The lowest BCUT2D eigenvalue weighted by Gasteiger charge is -2.60. The van der Waals surface area contributed by atoms with Crippen LogP contribution in [0.15, 0.2) is 11.6 Å². The van der Waals surface area contributed by atoms with E-state index in [1.54, 1.807) is 0 Å². The van der Waals surface area contributed by atoms with Crippen LogP contribution >= 0.6 is 0 Å². The van der Waals surface area contributed by atoms with E-state index in [-0.39, 0.29) is 29.1 Å². The summed E-state index contributed by atoms with van der Waals surface area (Å²) in [6.07, 6.45) is 8.64. The molecule has 3 saturated carbocycles. The lowest BCUT2D eigenvalue weighted by atomic mass is 9.44. The van der Waals surface area contributed by atoms with Crippen molar-refractivity contribution in [1.82, 2.24) is 0 Å². The summed E-state index contributed by atoms with van der Waals surface area (Å²) in [6.45, 7) is 6.67. The summed E-state index contributed by atoms with van der Waals surface area (Å²) in [4.78, 5) is 12.1. The van der Waals surface area contributed by atoms with Crippen molar-refractivity contribution in [3.63, 3.8) is 0 Å². The van der Waals surface area contributed by atoms with Crippen molar-refractivity contribution in [2.24, 2.45) is 34.5 Å². The summed E-state index contributed by atoms with van der Waals surface area (Å²) >= 11 is 0. The van der Waals surface area contributed by atoms with Crippen LogP contribution in [-0.2, 0) is 4.79 Å². The van der Waals surface area contributed by atoms with Gasteiger partial charge >= 0.3 is 0 Å². The number of ketones is 1. The molecule has 7 atom stereocenters. The van der Waals surface area contributed by atoms with Gasteiger partial charge in [-0.1, -0.05) is 19.4 Å². The Morgan fingerprint density at radius 2 is 1.88 bits per heavy atom. The first-order chi connectivity index (χ1) is 11.3. The monoisotopic (exact) mass is 332 g/mol. The molecule has 3 nitrogen and oxygen atoms in total. The molecule has 4 aliphatic carbocycles. The number of carbonyl (C=O) groups is 1.